The number of carbonyl (C=O) groups excluding carboxylic acids is 1. The quantitative estimate of drug-likeness (QED) is 0.437. The molecular weight excluding hydrogens is 376 g/mol. The Morgan fingerprint density at radius 3 is 2.55 bits per heavy atom. The summed E-state index contributed by atoms with van der Waals surface area (Å²) in [4.78, 5) is 24.7. The van der Waals surface area contributed by atoms with Crippen LogP contribution >= 0.6 is 0 Å². The average Bonchev–Trinajstić information content (AvgIpc) is 3.28. The molecule has 0 spiro atoms. The molecule has 0 atom stereocenters. The number of carbonyl (C=O) groups is 1. The number of ether oxygens (including phenoxy) is 2. The Bertz CT molecular complexity index is 938. The number of nitrogens with zero attached hydrogens (tertiary/aromatic N) is 3. The number of hydrazone groups is 1. The van der Waals surface area contributed by atoms with E-state index < -0.39 is 10.8 Å². The molecule has 0 aromatic heterocycles. The van der Waals surface area contributed by atoms with Gasteiger partial charge in [-0.05, 0) is 25.0 Å². The highest BCUT2D eigenvalue weighted by molar-refractivity contribution is 5.95. The molecule has 9 nitrogen and oxygen atoms in total. The Morgan fingerprint density at radius 1 is 1.17 bits per heavy atom. The molecule has 29 heavy (non-hydrogen) atoms. The van der Waals surface area contributed by atoms with Crippen molar-refractivity contribution in [3.8, 4) is 11.5 Å². The Morgan fingerprint density at radius 2 is 1.90 bits per heavy atom. The first kappa shape index (κ1) is 20.1. The van der Waals surface area contributed by atoms with Gasteiger partial charge in [0.2, 0.25) is 0 Å². The van der Waals surface area contributed by atoms with Gasteiger partial charge in [0.15, 0.2) is 0 Å². The van der Waals surface area contributed by atoms with Crippen molar-refractivity contribution in [3.05, 3.63) is 57.6 Å². The van der Waals surface area contributed by atoms with E-state index in [1.165, 1.54) is 30.5 Å². The summed E-state index contributed by atoms with van der Waals surface area (Å²) >= 11 is 0. The molecule has 9 heteroatoms. The van der Waals surface area contributed by atoms with Crippen molar-refractivity contribution >= 4 is 23.5 Å². The van der Waals surface area contributed by atoms with Crippen LogP contribution in [0.25, 0.3) is 0 Å². The van der Waals surface area contributed by atoms with Crippen LogP contribution < -0.4 is 19.8 Å². The van der Waals surface area contributed by atoms with E-state index in [1.54, 1.807) is 20.3 Å². The van der Waals surface area contributed by atoms with Gasteiger partial charge < -0.3 is 14.4 Å². The topological polar surface area (TPSA) is 106 Å². The number of hydrogen-bond acceptors (Lipinski definition) is 7. The summed E-state index contributed by atoms with van der Waals surface area (Å²) < 4.78 is 11.0. The predicted octanol–water partition coefficient (Wildman–Crippen LogP) is 2.98. The zero-order chi connectivity index (χ0) is 20.8. The summed E-state index contributed by atoms with van der Waals surface area (Å²) in [6.45, 7) is 1.93. The zero-order valence-corrected chi connectivity index (χ0v) is 16.3. The second kappa shape index (κ2) is 9.05. The largest absolute Gasteiger partial charge is 0.496 e. The van der Waals surface area contributed by atoms with Crippen molar-refractivity contribution in [2.24, 2.45) is 5.10 Å². The van der Waals surface area contributed by atoms with Crippen molar-refractivity contribution in [1.29, 1.82) is 0 Å². The molecule has 1 N–H and O–H groups in total. The number of hydrogen-bond donors (Lipinski definition) is 1. The molecule has 1 heterocycles. The Labute approximate surface area is 168 Å². The van der Waals surface area contributed by atoms with Gasteiger partial charge in [0.05, 0.1) is 31.0 Å². The Kier molecular flexibility index (Phi) is 6.28. The van der Waals surface area contributed by atoms with Gasteiger partial charge in [-0.15, -0.1) is 0 Å². The molecule has 0 radical (unpaired) electrons. The molecule has 1 aliphatic rings. The van der Waals surface area contributed by atoms with E-state index in [0.717, 1.165) is 31.6 Å². The molecule has 152 valence electrons. The smallest absolute Gasteiger partial charge is 0.271 e. The summed E-state index contributed by atoms with van der Waals surface area (Å²) in [6, 6.07) is 9.13. The van der Waals surface area contributed by atoms with Gasteiger partial charge in [0.1, 0.15) is 11.5 Å². The highest BCUT2D eigenvalue weighted by Crippen LogP contribution is 2.36. The maximum absolute atomic E-state index is 12.2. The lowest BCUT2D eigenvalue weighted by atomic mass is 10.1. The van der Waals surface area contributed by atoms with Crippen LogP contribution in [0.4, 0.5) is 11.4 Å². The number of rotatable bonds is 7. The lowest BCUT2D eigenvalue weighted by Crippen LogP contribution is -2.19. The van der Waals surface area contributed by atoms with E-state index in [-0.39, 0.29) is 11.3 Å². The summed E-state index contributed by atoms with van der Waals surface area (Å²) in [7, 11) is 3.17. The number of nitro benzene ring substituents is 1. The molecule has 0 saturated carbocycles. The molecule has 1 fully saturated rings. The van der Waals surface area contributed by atoms with Crippen molar-refractivity contribution in [2.45, 2.75) is 12.8 Å². The van der Waals surface area contributed by atoms with Gasteiger partial charge in [-0.25, -0.2) is 5.43 Å². The van der Waals surface area contributed by atoms with Gasteiger partial charge >= 0.3 is 0 Å². The number of methoxy groups -OCH3 is 2. The summed E-state index contributed by atoms with van der Waals surface area (Å²) in [5.41, 5.74) is 3.94. The van der Waals surface area contributed by atoms with Crippen molar-refractivity contribution < 1.29 is 19.2 Å². The van der Waals surface area contributed by atoms with Gasteiger partial charge in [0, 0.05) is 42.4 Å². The first-order valence-electron chi connectivity index (χ1n) is 9.12. The monoisotopic (exact) mass is 398 g/mol. The number of anilines is 1. The molecule has 1 amide bonds. The van der Waals surface area contributed by atoms with E-state index in [1.807, 2.05) is 6.07 Å². The minimum atomic E-state index is -0.556. The first-order valence-corrected chi connectivity index (χ1v) is 9.12. The zero-order valence-electron chi connectivity index (χ0n) is 16.3. The van der Waals surface area contributed by atoms with Gasteiger partial charge in [0.25, 0.3) is 11.6 Å². The maximum atomic E-state index is 12.2. The second-order valence-electron chi connectivity index (χ2n) is 6.47. The van der Waals surface area contributed by atoms with Crippen LogP contribution in [0, 0.1) is 10.1 Å². The minimum Gasteiger partial charge on any atom is -0.496 e. The molecular formula is C20H22N4O5. The fourth-order valence-electron chi connectivity index (χ4n) is 3.20. The third kappa shape index (κ3) is 4.63. The molecule has 2 aromatic rings. The van der Waals surface area contributed by atoms with E-state index in [4.69, 9.17) is 9.47 Å². The minimum absolute atomic E-state index is 0.144. The van der Waals surface area contributed by atoms with Crippen LogP contribution in [0.3, 0.4) is 0 Å². The molecule has 0 unspecified atom stereocenters. The van der Waals surface area contributed by atoms with Crippen LogP contribution in [0.2, 0.25) is 0 Å². The average molecular weight is 398 g/mol. The van der Waals surface area contributed by atoms with Crippen molar-refractivity contribution in [1.82, 2.24) is 5.43 Å². The molecule has 2 aromatic carbocycles. The van der Waals surface area contributed by atoms with Gasteiger partial charge in [-0.2, -0.15) is 5.10 Å². The maximum Gasteiger partial charge on any atom is 0.271 e. The van der Waals surface area contributed by atoms with Crippen molar-refractivity contribution in [3.63, 3.8) is 0 Å². The van der Waals surface area contributed by atoms with E-state index in [9.17, 15) is 14.9 Å². The van der Waals surface area contributed by atoms with Crippen LogP contribution in [0.15, 0.2) is 41.5 Å². The standard InChI is InChI=1S/C20H22N4O5/c1-28-18-12-17(23-8-3-4-9-23)19(29-2)11-15(18)13-21-22-20(25)14-6-5-7-16(10-14)24(26)27/h5-7,10-13H,3-4,8-9H2,1-2H3,(H,22,25)/b21-13-. The highest BCUT2D eigenvalue weighted by Gasteiger charge is 2.19. The molecule has 1 saturated heterocycles. The highest BCUT2D eigenvalue weighted by atomic mass is 16.6. The Balaban J connectivity index is 1.78. The molecule has 0 bridgehead atoms. The van der Waals surface area contributed by atoms with E-state index >= 15 is 0 Å². The third-order valence-electron chi connectivity index (χ3n) is 4.67. The van der Waals surface area contributed by atoms with E-state index in [2.05, 4.69) is 15.4 Å². The summed E-state index contributed by atoms with van der Waals surface area (Å²) in [5.74, 6) is 0.741. The van der Waals surface area contributed by atoms with E-state index in [0.29, 0.717) is 17.1 Å². The normalized spacial score (nSPS) is 13.5. The molecule has 0 aliphatic carbocycles. The number of benzene rings is 2. The first-order chi connectivity index (χ1) is 14.0. The summed E-state index contributed by atoms with van der Waals surface area (Å²) in [5, 5.41) is 14.8. The third-order valence-corrected chi connectivity index (χ3v) is 4.67. The lowest BCUT2D eigenvalue weighted by molar-refractivity contribution is -0.384. The fraction of sp³-hybridized carbons (Fsp3) is 0.300. The van der Waals surface area contributed by atoms with Crippen molar-refractivity contribution in [2.75, 3.05) is 32.2 Å². The number of non-ortho nitro benzene ring substituents is 1. The molecule has 3 rings (SSSR count). The number of nitro groups is 1. The SMILES string of the molecule is COc1cc(N2CCCC2)c(OC)cc1/C=N\NC(=O)c1cccc([N+](=O)[O-])c1. The number of nitrogens with one attached hydrogen (secondary N) is 1. The number of amides is 1. The summed E-state index contributed by atoms with van der Waals surface area (Å²) in [6.07, 6.45) is 3.72. The van der Waals surface area contributed by atoms with Crippen LogP contribution in [-0.2, 0) is 0 Å². The second-order valence-corrected chi connectivity index (χ2v) is 6.47. The predicted molar refractivity (Wildman–Crippen MR) is 109 cm³/mol. The lowest BCUT2D eigenvalue weighted by Gasteiger charge is -2.22. The van der Waals surface area contributed by atoms with Crippen LogP contribution in [0.1, 0.15) is 28.8 Å². The Hall–Kier alpha value is -3.62. The van der Waals surface area contributed by atoms with Crippen LogP contribution in [-0.4, -0.2) is 44.4 Å². The molecule has 1 aliphatic heterocycles. The fourth-order valence-corrected chi connectivity index (χ4v) is 3.20. The van der Waals surface area contributed by atoms with Crippen LogP contribution in [0.5, 0.6) is 11.5 Å². The van der Waals surface area contributed by atoms with Gasteiger partial charge in [-0.1, -0.05) is 6.07 Å². The van der Waals surface area contributed by atoms with Gasteiger partial charge in [-0.3, -0.25) is 14.9 Å².